The van der Waals surface area contributed by atoms with Crippen molar-refractivity contribution in [3.8, 4) is 0 Å². The lowest BCUT2D eigenvalue weighted by molar-refractivity contribution is -0.123. The summed E-state index contributed by atoms with van der Waals surface area (Å²) in [6.45, 7) is 1.83. The average Bonchev–Trinajstić information content (AvgIpc) is 2.39. The van der Waals surface area contributed by atoms with Crippen LogP contribution in [0.4, 0.5) is 0 Å². The minimum atomic E-state index is -0.618. The lowest BCUT2D eigenvalue weighted by atomic mass is 9.94. The molecule has 19 heavy (non-hydrogen) atoms. The Morgan fingerprint density at radius 3 is 2.89 bits per heavy atom. The number of hydrogen-bond donors (Lipinski definition) is 2. The second-order valence-corrected chi connectivity index (χ2v) is 6.03. The quantitative estimate of drug-likeness (QED) is 0.572. The van der Waals surface area contributed by atoms with Gasteiger partial charge in [-0.2, -0.15) is 0 Å². The summed E-state index contributed by atoms with van der Waals surface area (Å²) in [6, 6.07) is 3.65. The highest BCUT2D eigenvalue weighted by atomic mass is 35.5. The first-order valence-corrected chi connectivity index (χ1v) is 7.58. The smallest absolute Gasteiger partial charge is 0.237 e. The van der Waals surface area contributed by atoms with Crippen LogP contribution in [0, 0.1) is 0 Å². The molecule has 0 aliphatic rings. The van der Waals surface area contributed by atoms with Crippen LogP contribution >= 0.6 is 23.4 Å². The van der Waals surface area contributed by atoms with Crippen LogP contribution in [0.2, 0.25) is 5.02 Å². The number of nitrogens with one attached hydrogen (secondary N) is 1. The number of likely N-dealkylation sites (N-methyl/N-ethyl adjacent to an activating group) is 1. The zero-order chi connectivity index (χ0) is 14.3. The van der Waals surface area contributed by atoms with Gasteiger partial charge in [-0.1, -0.05) is 18.0 Å². The molecule has 3 N–H and O–H groups in total. The van der Waals surface area contributed by atoms with E-state index in [-0.39, 0.29) is 5.91 Å². The fraction of sp³-hybridized carbons (Fsp3) is 0.538. The molecule has 0 aliphatic heterocycles. The molecule has 1 heterocycles. The van der Waals surface area contributed by atoms with Gasteiger partial charge in [0.25, 0.3) is 0 Å². The fourth-order valence-corrected chi connectivity index (χ4v) is 2.77. The average molecular weight is 302 g/mol. The zero-order valence-electron chi connectivity index (χ0n) is 11.3. The number of amides is 1. The van der Waals surface area contributed by atoms with Crippen molar-refractivity contribution in [2.75, 3.05) is 12.8 Å². The van der Waals surface area contributed by atoms with Crippen LogP contribution < -0.4 is 11.1 Å². The maximum atomic E-state index is 11.3. The van der Waals surface area contributed by atoms with Gasteiger partial charge in [0.2, 0.25) is 5.91 Å². The summed E-state index contributed by atoms with van der Waals surface area (Å²) < 4.78 is 0. The summed E-state index contributed by atoms with van der Waals surface area (Å²) in [4.78, 5) is 15.5. The molecule has 1 aromatic rings. The van der Waals surface area contributed by atoms with Gasteiger partial charge in [-0.3, -0.25) is 4.79 Å². The van der Waals surface area contributed by atoms with Gasteiger partial charge in [-0.25, -0.2) is 4.98 Å². The molecule has 106 valence electrons. The first-order chi connectivity index (χ1) is 8.99. The van der Waals surface area contributed by atoms with Crippen LogP contribution in [-0.4, -0.2) is 29.2 Å². The highest BCUT2D eigenvalue weighted by Crippen LogP contribution is 2.25. The Hall–Kier alpha value is -0.780. The molecule has 6 heteroatoms. The molecule has 0 radical (unpaired) electrons. The van der Waals surface area contributed by atoms with E-state index in [4.69, 9.17) is 17.3 Å². The third kappa shape index (κ3) is 5.01. The lowest BCUT2D eigenvalue weighted by Crippen LogP contribution is -2.51. The van der Waals surface area contributed by atoms with Crippen molar-refractivity contribution in [2.24, 2.45) is 5.73 Å². The number of pyridine rings is 1. The van der Waals surface area contributed by atoms with Crippen LogP contribution in [0.5, 0.6) is 0 Å². The Bertz CT molecular complexity index is 430. The largest absolute Gasteiger partial charge is 0.368 e. The normalized spacial score (nSPS) is 14.1. The van der Waals surface area contributed by atoms with Gasteiger partial charge >= 0.3 is 0 Å². The molecule has 0 bridgehead atoms. The number of aromatic nitrogens is 1. The minimum absolute atomic E-state index is 0.310. The molecule has 1 rings (SSSR count). The lowest BCUT2D eigenvalue weighted by Gasteiger charge is -2.25. The molecular formula is C13H20ClN3OS. The molecule has 0 spiro atoms. The molecule has 1 unspecified atom stereocenters. The molecule has 0 saturated carbocycles. The van der Waals surface area contributed by atoms with Crippen LogP contribution in [0.1, 0.15) is 26.2 Å². The van der Waals surface area contributed by atoms with Crippen molar-refractivity contribution in [1.82, 2.24) is 10.3 Å². The fourth-order valence-electron chi connectivity index (χ4n) is 1.60. The minimum Gasteiger partial charge on any atom is -0.368 e. The van der Waals surface area contributed by atoms with Gasteiger partial charge in [-0.05, 0) is 44.7 Å². The number of carbonyl (C=O) groups is 1. The van der Waals surface area contributed by atoms with Gasteiger partial charge in [0.05, 0.1) is 10.6 Å². The van der Waals surface area contributed by atoms with E-state index in [1.165, 1.54) is 0 Å². The highest BCUT2D eigenvalue weighted by Gasteiger charge is 2.27. The number of nitrogens with zero attached hydrogens (tertiary/aromatic N) is 1. The molecule has 1 aromatic heterocycles. The standard InChI is InChI=1S/C13H20ClN3OS/c1-13(16-2,12(15)18)7-3-4-9-19-11-10(14)6-5-8-17-11/h5-6,8,16H,3-4,7,9H2,1-2H3,(H2,15,18). The van der Waals surface area contributed by atoms with Crippen molar-refractivity contribution >= 4 is 29.3 Å². The van der Waals surface area contributed by atoms with Crippen molar-refractivity contribution in [3.05, 3.63) is 23.4 Å². The van der Waals surface area contributed by atoms with E-state index in [2.05, 4.69) is 10.3 Å². The highest BCUT2D eigenvalue weighted by molar-refractivity contribution is 7.99. The number of primary amides is 1. The summed E-state index contributed by atoms with van der Waals surface area (Å²) in [5, 5.41) is 4.52. The van der Waals surface area contributed by atoms with E-state index in [1.807, 2.05) is 19.1 Å². The molecule has 4 nitrogen and oxygen atoms in total. The predicted molar refractivity (Wildman–Crippen MR) is 80.5 cm³/mol. The summed E-state index contributed by atoms with van der Waals surface area (Å²) in [5.74, 6) is 0.616. The van der Waals surface area contributed by atoms with Gasteiger partial charge in [0, 0.05) is 6.20 Å². The third-order valence-electron chi connectivity index (χ3n) is 3.13. The number of rotatable bonds is 8. The maximum Gasteiger partial charge on any atom is 0.237 e. The molecule has 0 fully saturated rings. The van der Waals surface area contributed by atoms with E-state index in [9.17, 15) is 4.79 Å². The Balaban J connectivity index is 2.29. The second kappa shape index (κ2) is 7.72. The Labute approximate surface area is 123 Å². The molecular weight excluding hydrogens is 282 g/mol. The molecule has 0 aromatic carbocycles. The van der Waals surface area contributed by atoms with Crippen LogP contribution in [-0.2, 0) is 4.79 Å². The molecule has 0 aliphatic carbocycles. The van der Waals surface area contributed by atoms with Crippen LogP contribution in [0.15, 0.2) is 23.4 Å². The third-order valence-corrected chi connectivity index (χ3v) is 4.64. The summed E-state index contributed by atoms with van der Waals surface area (Å²) >= 11 is 7.65. The first-order valence-electron chi connectivity index (χ1n) is 6.22. The van der Waals surface area contributed by atoms with E-state index in [1.54, 1.807) is 25.0 Å². The van der Waals surface area contributed by atoms with Gasteiger partial charge < -0.3 is 11.1 Å². The van der Waals surface area contributed by atoms with Crippen LogP contribution in [0.25, 0.3) is 0 Å². The summed E-state index contributed by atoms with van der Waals surface area (Å²) in [5.41, 5.74) is 4.76. The number of hydrogen-bond acceptors (Lipinski definition) is 4. The maximum absolute atomic E-state index is 11.3. The number of halogens is 1. The van der Waals surface area contributed by atoms with E-state index >= 15 is 0 Å². The topological polar surface area (TPSA) is 68.0 Å². The zero-order valence-corrected chi connectivity index (χ0v) is 12.9. The van der Waals surface area contributed by atoms with E-state index in [0.717, 1.165) is 30.0 Å². The second-order valence-electron chi connectivity index (χ2n) is 4.54. The number of carbonyl (C=O) groups excluding carboxylic acids is 1. The van der Waals surface area contributed by atoms with E-state index in [0.29, 0.717) is 5.02 Å². The van der Waals surface area contributed by atoms with Crippen molar-refractivity contribution in [1.29, 1.82) is 0 Å². The summed E-state index contributed by atoms with van der Waals surface area (Å²) in [6.07, 6.45) is 4.38. The van der Waals surface area contributed by atoms with Gasteiger partial charge in [0.15, 0.2) is 0 Å². The van der Waals surface area contributed by atoms with Crippen molar-refractivity contribution < 1.29 is 4.79 Å². The van der Waals surface area contributed by atoms with Crippen molar-refractivity contribution in [2.45, 2.75) is 36.8 Å². The number of unbranched alkanes of at least 4 members (excludes halogenated alkanes) is 1. The number of thioether (sulfide) groups is 1. The number of nitrogens with two attached hydrogens (primary N) is 1. The monoisotopic (exact) mass is 301 g/mol. The first kappa shape index (κ1) is 16.3. The van der Waals surface area contributed by atoms with Gasteiger partial charge in [-0.15, -0.1) is 11.8 Å². The SMILES string of the molecule is CNC(C)(CCCCSc1ncccc1Cl)C(N)=O. The van der Waals surface area contributed by atoms with Gasteiger partial charge in [0.1, 0.15) is 5.03 Å². The van der Waals surface area contributed by atoms with E-state index < -0.39 is 5.54 Å². The van der Waals surface area contributed by atoms with Crippen molar-refractivity contribution in [3.63, 3.8) is 0 Å². The molecule has 0 saturated heterocycles. The Morgan fingerprint density at radius 2 is 2.32 bits per heavy atom. The molecule has 1 amide bonds. The predicted octanol–water partition coefficient (Wildman–Crippen LogP) is 2.46. The Kier molecular flexibility index (Phi) is 6.62. The molecule has 1 atom stereocenters. The Morgan fingerprint density at radius 1 is 1.58 bits per heavy atom. The summed E-state index contributed by atoms with van der Waals surface area (Å²) in [7, 11) is 1.76. The van der Waals surface area contributed by atoms with Crippen LogP contribution in [0.3, 0.4) is 0 Å².